The van der Waals surface area contributed by atoms with Gasteiger partial charge in [-0.1, -0.05) is 51.5 Å². The van der Waals surface area contributed by atoms with E-state index in [0.29, 0.717) is 5.92 Å². The third-order valence-corrected chi connectivity index (χ3v) is 2.20. The fraction of sp³-hybridized carbons (Fsp3) is 0.500. The minimum Gasteiger partial charge on any atom is -0.0651 e. The monoisotopic (exact) mass is 162 g/mol. The minimum atomic E-state index is 0.660. The Bertz CT molecular complexity index is 236. The van der Waals surface area contributed by atoms with Crippen LogP contribution in [0.2, 0.25) is 0 Å². The molecule has 0 fully saturated rings. The summed E-state index contributed by atoms with van der Waals surface area (Å²) in [6.07, 6.45) is 2.46. The summed E-state index contributed by atoms with van der Waals surface area (Å²) in [5.74, 6) is 0.660. The molecule has 0 unspecified atom stereocenters. The highest BCUT2D eigenvalue weighted by Crippen LogP contribution is 2.19. The molecule has 0 saturated heterocycles. The van der Waals surface area contributed by atoms with E-state index in [0.717, 1.165) is 0 Å². The van der Waals surface area contributed by atoms with Crippen molar-refractivity contribution >= 4 is 0 Å². The quantitative estimate of drug-likeness (QED) is 0.634. The van der Waals surface area contributed by atoms with E-state index in [-0.39, 0.29) is 0 Å². The lowest BCUT2D eigenvalue weighted by Gasteiger charge is -2.11. The van der Waals surface area contributed by atoms with Gasteiger partial charge in [-0.3, -0.25) is 0 Å². The zero-order valence-electron chi connectivity index (χ0n) is 8.30. The minimum absolute atomic E-state index is 0.660. The van der Waals surface area contributed by atoms with Crippen molar-refractivity contribution in [2.75, 3.05) is 0 Å². The lowest BCUT2D eigenvalue weighted by Crippen LogP contribution is -1.94. The molecule has 0 amide bonds. The maximum absolute atomic E-state index is 2.26. The van der Waals surface area contributed by atoms with E-state index in [9.17, 15) is 0 Å². The van der Waals surface area contributed by atoms with Crippen LogP contribution in [0.5, 0.6) is 0 Å². The van der Waals surface area contributed by atoms with E-state index >= 15 is 0 Å². The fourth-order valence-electron chi connectivity index (χ4n) is 1.59. The third kappa shape index (κ3) is 2.10. The van der Waals surface area contributed by atoms with Crippen molar-refractivity contribution in [1.29, 1.82) is 0 Å². The van der Waals surface area contributed by atoms with Crippen LogP contribution >= 0.6 is 0 Å². The van der Waals surface area contributed by atoms with Crippen molar-refractivity contribution in [2.24, 2.45) is 0 Å². The van der Waals surface area contributed by atoms with Gasteiger partial charge in [0.2, 0.25) is 0 Å². The molecule has 0 spiro atoms. The van der Waals surface area contributed by atoms with Crippen LogP contribution in [0.15, 0.2) is 24.3 Å². The van der Waals surface area contributed by atoms with Crippen LogP contribution in [-0.2, 0) is 6.42 Å². The number of benzene rings is 1. The van der Waals surface area contributed by atoms with Gasteiger partial charge < -0.3 is 0 Å². The van der Waals surface area contributed by atoms with Crippen molar-refractivity contribution in [3.8, 4) is 0 Å². The summed E-state index contributed by atoms with van der Waals surface area (Å²) < 4.78 is 0. The second kappa shape index (κ2) is 4.30. The Labute approximate surface area is 75.6 Å². The van der Waals surface area contributed by atoms with Crippen molar-refractivity contribution in [1.82, 2.24) is 0 Å². The van der Waals surface area contributed by atoms with Crippen LogP contribution in [-0.4, -0.2) is 0 Å². The van der Waals surface area contributed by atoms with Gasteiger partial charge in [0, 0.05) is 0 Å². The highest BCUT2D eigenvalue weighted by Gasteiger charge is 2.03. The highest BCUT2D eigenvalue weighted by molar-refractivity contribution is 5.29. The van der Waals surface area contributed by atoms with Crippen molar-refractivity contribution in [3.63, 3.8) is 0 Å². The van der Waals surface area contributed by atoms with Crippen LogP contribution in [0, 0.1) is 0 Å². The van der Waals surface area contributed by atoms with Crippen LogP contribution < -0.4 is 0 Å². The average Bonchev–Trinajstić information content (AvgIpc) is 2.05. The maximum Gasteiger partial charge on any atom is -0.0216 e. The van der Waals surface area contributed by atoms with Crippen LogP contribution in [0.25, 0.3) is 0 Å². The summed E-state index contributed by atoms with van der Waals surface area (Å²) in [5, 5.41) is 0. The smallest absolute Gasteiger partial charge is 0.0216 e. The first-order valence-electron chi connectivity index (χ1n) is 4.83. The Morgan fingerprint density at radius 1 is 1.17 bits per heavy atom. The molecule has 0 heteroatoms. The summed E-state index contributed by atoms with van der Waals surface area (Å²) in [7, 11) is 0. The largest absolute Gasteiger partial charge is 0.0651 e. The molecule has 0 saturated carbocycles. The normalized spacial score (nSPS) is 10.7. The molecule has 1 aromatic carbocycles. The zero-order chi connectivity index (χ0) is 8.97. The molecule has 0 aliphatic heterocycles. The van der Waals surface area contributed by atoms with Crippen molar-refractivity contribution in [2.45, 2.75) is 39.5 Å². The standard InChI is InChI=1S/C12H18/c1-4-7-11-8-5-6-9-12(11)10(2)3/h5-6,8-10H,4,7H2,1-3H3. The summed E-state index contributed by atoms with van der Waals surface area (Å²) >= 11 is 0. The predicted octanol–water partition coefficient (Wildman–Crippen LogP) is 3.76. The van der Waals surface area contributed by atoms with E-state index in [2.05, 4.69) is 45.0 Å². The molecule has 0 N–H and O–H groups in total. The van der Waals surface area contributed by atoms with Gasteiger partial charge in [-0.25, -0.2) is 0 Å². The van der Waals surface area contributed by atoms with E-state index in [1.54, 1.807) is 0 Å². The zero-order valence-corrected chi connectivity index (χ0v) is 8.30. The van der Waals surface area contributed by atoms with E-state index in [1.165, 1.54) is 24.0 Å². The Kier molecular flexibility index (Phi) is 3.33. The van der Waals surface area contributed by atoms with Gasteiger partial charge in [0.25, 0.3) is 0 Å². The van der Waals surface area contributed by atoms with Gasteiger partial charge in [0.05, 0.1) is 0 Å². The molecule has 0 nitrogen and oxygen atoms in total. The molecule has 0 atom stereocenters. The second-order valence-corrected chi connectivity index (χ2v) is 3.60. The van der Waals surface area contributed by atoms with Gasteiger partial charge in [-0.15, -0.1) is 0 Å². The molecular weight excluding hydrogens is 144 g/mol. The summed E-state index contributed by atoms with van der Waals surface area (Å²) in [4.78, 5) is 0. The molecule has 0 heterocycles. The number of rotatable bonds is 3. The Balaban J connectivity index is 2.92. The number of hydrogen-bond acceptors (Lipinski definition) is 0. The molecule has 12 heavy (non-hydrogen) atoms. The molecule has 1 aromatic rings. The van der Waals surface area contributed by atoms with Crippen LogP contribution in [0.4, 0.5) is 0 Å². The summed E-state index contributed by atoms with van der Waals surface area (Å²) in [6.45, 7) is 6.75. The van der Waals surface area contributed by atoms with E-state index in [1.807, 2.05) is 0 Å². The predicted molar refractivity (Wildman–Crippen MR) is 54.5 cm³/mol. The first-order valence-corrected chi connectivity index (χ1v) is 4.83. The lowest BCUT2D eigenvalue weighted by atomic mass is 9.95. The average molecular weight is 162 g/mol. The Morgan fingerprint density at radius 3 is 2.42 bits per heavy atom. The lowest BCUT2D eigenvalue weighted by molar-refractivity contribution is 0.821. The summed E-state index contributed by atoms with van der Waals surface area (Å²) in [5.41, 5.74) is 3.04. The second-order valence-electron chi connectivity index (χ2n) is 3.60. The number of aryl methyl sites for hydroxylation is 1. The molecule has 0 aliphatic rings. The Hall–Kier alpha value is -0.780. The molecule has 0 aromatic heterocycles. The van der Waals surface area contributed by atoms with Gasteiger partial charge >= 0.3 is 0 Å². The molecule has 1 rings (SSSR count). The van der Waals surface area contributed by atoms with Crippen molar-refractivity contribution < 1.29 is 0 Å². The van der Waals surface area contributed by atoms with Crippen LogP contribution in [0.3, 0.4) is 0 Å². The number of hydrogen-bond donors (Lipinski definition) is 0. The van der Waals surface area contributed by atoms with Crippen LogP contribution in [0.1, 0.15) is 44.2 Å². The maximum atomic E-state index is 2.26. The van der Waals surface area contributed by atoms with Gasteiger partial charge in [-0.2, -0.15) is 0 Å². The third-order valence-electron chi connectivity index (χ3n) is 2.20. The molecule has 0 bridgehead atoms. The molecule has 0 aliphatic carbocycles. The first kappa shape index (κ1) is 9.31. The van der Waals surface area contributed by atoms with E-state index in [4.69, 9.17) is 0 Å². The summed E-state index contributed by atoms with van der Waals surface area (Å²) in [6, 6.07) is 8.76. The van der Waals surface area contributed by atoms with Gasteiger partial charge in [0.1, 0.15) is 0 Å². The van der Waals surface area contributed by atoms with Gasteiger partial charge in [-0.05, 0) is 23.5 Å². The topological polar surface area (TPSA) is 0 Å². The first-order chi connectivity index (χ1) is 5.75. The molecular formula is C12H18. The van der Waals surface area contributed by atoms with E-state index < -0.39 is 0 Å². The van der Waals surface area contributed by atoms with Gasteiger partial charge in [0.15, 0.2) is 0 Å². The Morgan fingerprint density at radius 2 is 1.83 bits per heavy atom. The molecule has 0 radical (unpaired) electrons. The highest BCUT2D eigenvalue weighted by atomic mass is 14.1. The fourth-order valence-corrected chi connectivity index (χ4v) is 1.59. The SMILES string of the molecule is CCCc1ccccc1C(C)C. The van der Waals surface area contributed by atoms with Crippen molar-refractivity contribution in [3.05, 3.63) is 35.4 Å². The molecule has 66 valence electrons.